The maximum Gasteiger partial charge on any atom is 0.191 e. The molecule has 106 valence electrons. The molecule has 4 heteroatoms. The zero-order valence-electron chi connectivity index (χ0n) is 12.3. The number of guanidine groups is 1. The van der Waals surface area contributed by atoms with Gasteiger partial charge >= 0.3 is 0 Å². The molecule has 2 N–H and O–H groups in total. The number of hydrogen-bond acceptors (Lipinski definition) is 1. The Balaban J connectivity index is 2.30. The van der Waals surface area contributed by atoms with Crippen molar-refractivity contribution in [3.8, 4) is 0 Å². The summed E-state index contributed by atoms with van der Waals surface area (Å²) in [6.07, 6.45) is 2.15. The molecule has 0 aliphatic rings. The van der Waals surface area contributed by atoms with E-state index in [1.54, 1.807) is 7.05 Å². The summed E-state index contributed by atoms with van der Waals surface area (Å²) in [7, 11) is 1.80. The van der Waals surface area contributed by atoms with Crippen molar-refractivity contribution in [2.24, 2.45) is 4.99 Å². The van der Waals surface area contributed by atoms with Gasteiger partial charge in [-0.15, -0.1) is 0 Å². The van der Waals surface area contributed by atoms with Crippen LogP contribution in [0, 0.1) is 0 Å². The van der Waals surface area contributed by atoms with Crippen LogP contribution < -0.4 is 10.6 Å². The first-order valence-electron chi connectivity index (χ1n) is 6.64. The third kappa shape index (κ3) is 7.21. The van der Waals surface area contributed by atoms with Crippen molar-refractivity contribution in [2.45, 2.75) is 39.2 Å². The molecule has 0 aliphatic heterocycles. The van der Waals surface area contributed by atoms with E-state index < -0.39 is 0 Å². The Hall–Kier alpha value is -1.03. The van der Waals surface area contributed by atoms with E-state index in [-0.39, 0.29) is 5.54 Å². The molecule has 0 aromatic heterocycles. The third-order valence-electron chi connectivity index (χ3n) is 2.54. The largest absolute Gasteiger partial charge is 0.356 e. The highest BCUT2D eigenvalue weighted by molar-refractivity contribution is 9.10. The lowest BCUT2D eigenvalue weighted by Crippen LogP contribution is -2.47. The number of rotatable bonds is 4. The van der Waals surface area contributed by atoms with Crippen LogP contribution in [0.15, 0.2) is 33.7 Å². The first kappa shape index (κ1) is 16.0. The molecule has 0 radical (unpaired) electrons. The van der Waals surface area contributed by atoms with E-state index in [1.807, 2.05) is 0 Å². The number of halogens is 1. The maximum atomic E-state index is 4.22. The number of aryl methyl sites for hydroxylation is 1. The van der Waals surface area contributed by atoms with E-state index in [0.717, 1.165) is 29.8 Å². The molecule has 0 bridgehead atoms. The number of aliphatic imine (C=N–C) groups is 1. The molecule has 3 nitrogen and oxygen atoms in total. The highest BCUT2D eigenvalue weighted by Crippen LogP contribution is 2.12. The standard InChI is InChI=1S/C15H24BrN3/c1-15(2,3)19-14(17-4)18-10-6-8-12-7-5-9-13(16)11-12/h5,7,9,11H,6,8,10H2,1-4H3,(H2,17,18,19). The van der Waals surface area contributed by atoms with Gasteiger partial charge in [-0.25, -0.2) is 0 Å². The predicted molar refractivity (Wildman–Crippen MR) is 86.7 cm³/mol. The van der Waals surface area contributed by atoms with E-state index in [9.17, 15) is 0 Å². The summed E-state index contributed by atoms with van der Waals surface area (Å²) in [6, 6.07) is 8.46. The summed E-state index contributed by atoms with van der Waals surface area (Å²) < 4.78 is 1.14. The molecular weight excluding hydrogens is 302 g/mol. The SMILES string of the molecule is CN=C(NCCCc1cccc(Br)c1)NC(C)(C)C. The highest BCUT2D eigenvalue weighted by atomic mass is 79.9. The molecule has 19 heavy (non-hydrogen) atoms. The van der Waals surface area contributed by atoms with Crippen LogP contribution in [0.1, 0.15) is 32.8 Å². The predicted octanol–water partition coefficient (Wildman–Crippen LogP) is 3.35. The van der Waals surface area contributed by atoms with Crippen LogP contribution in [0.5, 0.6) is 0 Å². The van der Waals surface area contributed by atoms with Crippen molar-refractivity contribution in [2.75, 3.05) is 13.6 Å². The molecule has 0 unspecified atom stereocenters. The van der Waals surface area contributed by atoms with Crippen molar-refractivity contribution in [3.05, 3.63) is 34.3 Å². The van der Waals surface area contributed by atoms with Gasteiger partial charge in [0, 0.05) is 23.6 Å². The quantitative estimate of drug-likeness (QED) is 0.506. The molecule has 0 fully saturated rings. The minimum absolute atomic E-state index is 0.0339. The topological polar surface area (TPSA) is 36.4 Å². The van der Waals surface area contributed by atoms with Gasteiger partial charge in [-0.05, 0) is 51.3 Å². The van der Waals surface area contributed by atoms with Gasteiger partial charge < -0.3 is 10.6 Å². The monoisotopic (exact) mass is 325 g/mol. The summed E-state index contributed by atoms with van der Waals surface area (Å²) in [5.41, 5.74) is 1.39. The van der Waals surface area contributed by atoms with Gasteiger partial charge in [-0.2, -0.15) is 0 Å². The second-order valence-corrected chi connectivity index (χ2v) is 6.52. The van der Waals surface area contributed by atoms with E-state index in [0.29, 0.717) is 0 Å². The minimum atomic E-state index is 0.0339. The van der Waals surface area contributed by atoms with E-state index >= 15 is 0 Å². The molecule has 0 spiro atoms. The summed E-state index contributed by atoms with van der Waals surface area (Å²) in [4.78, 5) is 4.22. The second-order valence-electron chi connectivity index (χ2n) is 5.61. The summed E-state index contributed by atoms with van der Waals surface area (Å²) >= 11 is 3.49. The normalized spacial score (nSPS) is 12.4. The molecule has 0 saturated carbocycles. The van der Waals surface area contributed by atoms with Crippen LogP contribution in [0.2, 0.25) is 0 Å². The smallest absolute Gasteiger partial charge is 0.191 e. The van der Waals surface area contributed by atoms with E-state index in [2.05, 4.69) is 76.6 Å². The Morgan fingerprint density at radius 2 is 2.05 bits per heavy atom. The highest BCUT2D eigenvalue weighted by Gasteiger charge is 2.11. The average Bonchev–Trinajstić information content (AvgIpc) is 2.31. The van der Waals surface area contributed by atoms with Gasteiger partial charge in [-0.3, -0.25) is 4.99 Å². The van der Waals surface area contributed by atoms with E-state index in [1.165, 1.54) is 5.56 Å². The molecule has 0 saturated heterocycles. The average molecular weight is 326 g/mol. The molecule has 1 aromatic carbocycles. The van der Waals surface area contributed by atoms with Gasteiger partial charge in [0.25, 0.3) is 0 Å². The summed E-state index contributed by atoms with van der Waals surface area (Å²) in [5.74, 6) is 0.863. The Morgan fingerprint density at radius 1 is 1.32 bits per heavy atom. The Kier molecular flexibility index (Phi) is 6.35. The van der Waals surface area contributed by atoms with Crippen LogP contribution >= 0.6 is 15.9 Å². The Morgan fingerprint density at radius 3 is 2.63 bits per heavy atom. The molecule has 1 aromatic rings. The van der Waals surface area contributed by atoms with Gasteiger partial charge in [-0.1, -0.05) is 28.1 Å². The lowest BCUT2D eigenvalue weighted by molar-refractivity contribution is 0.501. The van der Waals surface area contributed by atoms with Gasteiger partial charge in [0.2, 0.25) is 0 Å². The van der Waals surface area contributed by atoms with Crippen LogP contribution in [-0.4, -0.2) is 25.1 Å². The number of hydrogen-bond donors (Lipinski definition) is 2. The molecule has 1 rings (SSSR count). The molecule has 0 atom stereocenters. The lowest BCUT2D eigenvalue weighted by Gasteiger charge is -2.23. The fraction of sp³-hybridized carbons (Fsp3) is 0.533. The number of benzene rings is 1. The van der Waals surface area contributed by atoms with Crippen molar-refractivity contribution >= 4 is 21.9 Å². The first-order valence-corrected chi connectivity index (χ1v) is 7.43. The van der Waals surface area contributed by atoms with Crippen LogP contribution in [0.4, 0.5) is 0 Å². The summed E-state index contributed by atoms with van der Waals surface area (Å²) in [6.45, 7) is 7.30. The summed E-state index contributed by atoms with van der Waals surface area (Å²) in [5, 5.41) is 6.68. The zero-order valence-corrected chi connectivity index (χ0v) is 13.8. The third-order valence-corrected chi connectivity index (χ3v) is 3.03. The van der Waals surface area contributed by atoms with Crippen LogP contribution in [0.25, 0.3) is 0 Å². The lowest BCUT2D eigenvalue weighted by atomic mass is 10.1. The fourth-order valence-corrected chi connectivity index (χ4v) is 2.17. The Labute approximate surface area is 125 Å². The molecule has 0 amide bonds. The van der Waals surface area contributed by atoms with Crippen molar-refractivity contribution < 1.29 is 0 Å². The van der Waals surface area contributed by atoms with E-state index in [4.69, 9.17) is 0 Å². The van der Waals surface area contributed by atoms with Crippen molar-refractivity contribution in [1.82, 2.24) is 10.6 Å². The number of nitrogens with one attached hydrogen (secondary N) is 2. The van der Waals surface area contributed by atoms with Crippen LogP contribution in [-0.2, 0) is 6.42 Å². The molecule has 0 heterocycles. The zero-order chi connectivity index (χ0) is 14.3. The van der Waals surface area contributed by atoms with Gasteiger partial charge in [0.05, 0.1) is 0 Å². The van der Waals surface area contributed by atoms with Crippen LogP contribution in [0.3, 0.4) is 0 Å². The van der Waals surface area contributed by atoms with Crippen molar-refractivity contribution in [3.63, 3.8) is 0 Å². The van der Waals surface area contributed by atoms with Gasteiger partial charge in [0.15, 0.2) is 5.96 Å². The minimum Gasteiger partial charge on any atom is -0.356 e. The fourth-order valence-electron chi connectivity index (χ4n) is 1.73. The molecule has 0 aliphatic carbocycles. The second kappa shape index (κ2) is 7.53. The number of nitrogens with zero attached hydrogens (tertiary/aromatic N) is 1. The molecular formula is C15H24BrN3. The maximum absolute atomic E-state index is 4.22. The van der Waals surface area contributed by atoms with Gasteiger partial charge in [0.1, 0.15) is 0 Å². The van der Waals surface area contributed by atoms with Crippen molar-refractivity contribution in [1.29, 1.82) is 0 Å². The Bertz CT molecular complexity index is 422. The first-order chi connectivity index (χ1) is 8.90.